The lowest BCUT2D eigenvalue weighted by molar-refractivity contribution is -0.118. The summed E-state index contributed by atoms with van der Waals surface area (Å²) in [6.45, 7) is 3.70. The molecular weight excluding hydrogens is 280 g/mol. The lowest BCUT2D eigenvalue weighted by atomic mass is 10.3. The zero-order valence-electron chi connectivity index (χ0n) is 11.5. The molecule has 0 atom stereocenters. The molecule has 0 saturated carbocycles. The first-order valence-electron chi connectivity index (χ1n) is 6.22. The van der Waals surface area contributed by atoms with Gasteiger partial charge in [0, 0.05) is 19.2 Å². The average Bonchev–Trinajstić information content (AvgIpc) is 2.35. The fraction of sp³-hybridized carbons (Fsp3) is 0.385. The number of rotatable bonds is 6. The van der Waals surface area contributed by atoms with Gasteiger partial charge in [0.15, 0.2) is 9.84 Å². The topological polar surface area (TPSA) is 92.3 Å². The van der Waals surface area contributed by atoms with Gasteiger partial charge in [-0.3, -0.25) is 9.59 Å². The summed E-state index contributed by atoms with van der Waals surface area (Å²) in [6.07, 6.45) is 0.747. The zero-order chi connectivity index (χ0) is 15.2. The van der Waals surface area contributed by atoms with Crippen LogP contribution in [0.4, 0.5) is 5.69 Å². The summed E-state index contributed by atoms with van der Waals surface area (Å²) in [5, 5.41) is 5.06. The molecule has 0 aliphatic heterocycles. The molecule has 1 rings (SSSR count). The summed E-state index contributed by atoms with van der Waals surface area (Å²) >= 11 is 0. The molecule has 2 N–H and O–H groups in total. The monoisotopic (exact) mass is 298 g/mol. The molecule has 0 radical (unpaired) electrons. The second kappa shape index (κ2) is 7.04. The predicted molar refractivity (Wildman–Crippen MR) is 76.1 cm³/mol. The molecule has 0 heterocycles. The Morgan fingerprint density at radius 3 is 2.25 bits per heavy atom. The molecule has 6 nitrogen and oxygen atoms in total. The molecule has 20 heavy (non-hydrogen) atoms. The second-order valence-corrected chi connectivity index (χ2v) is 6.30. The molecule has 0 fully saturated rings. The number of nitrogens with one attached hydrogen (secondary N) is 2. The number of carbonyl (C=O) groups is 2. The van der Waals surface area contributed by atoms with Gasteiger partial charge in [-0.25, -0.2) is 8.42 Å². The van der Waals surface area contributed by atoms with Crippen molar-refractivity contribution in [2.24, 2.45) is 0 Å². The van der Waals surface area contributed by atoms with E-state index >= 15 is 0 Å². The fourth-order valence-corrected chi connectivity index (χ4v) is 2.68. The van der Waals surface area contributed by atoms with Crippen molar-refractivity contribution in [2.45, 2.75) is 25.2 Å². The summed E-state index contributed by atoms with van der Waals surface area (Å²) in [6, 6.07) is 5.71. The number of hydrogen-bond acceptors (Lipinski definition) is 4. The molecule has 1 aromatic rings. The molecule has 0 aliphatic carbocycles. The summed E-state index contributed by atoms with van der Waals surface area (Å²) in [5.41, 5.74) is 0.506. The number of sulfone groups is 1. The Balaban J connectivity index is 2.77. The van der Waals surface area contributed by atoms with E-state index in [0.717, 1.165) is 6.42 Å². The van der Waals surface area contributed by atoms with Crippen LogP contribution < -0.4 is 10.6 Å². The molecule has 7 heteroatoms. The zero-order valence-corrected chi connectivity index (χ0v) is 12.3. The number of amides is 2. The van der Waals surface area contributed by atoms with Crippen LogP contribution in [0.15, 0.2) is 29.2 Å². The third-order valence-corrected chi connectivity index (χ3v) is 4.06. The van der Waals surface area contributed by atoms with E-state index in [9.17, 15) is 18.0 Å². The number of benzene rings is 1. The minimum atomic E-state index is -3.66. The molecule has 2 amide bonds. The van der Waals surface area contributed by atoms with Crippen molar-refractivity contribution in [1.82, 2.24) is 5.32 Å². The minimum Gasteiger partial charge on any atom is -0.355 e. The Morgan fingerprint density at radius 2 is 1.75 bits per heavy atom. The second-order valence-electron chi connectivity index (χ2n) is 4.31. The van der Waals surface area contributed by atoms with Gasteiger partial charge in [-0.05, 0) is 30.7 Å². The van der Waals surface area contributed by atoms with E-state index in [-0.39, 0.29) is 10.8 Å². The Morgan fingerprint density at radius 1 is 1.15 bits per heavy atom. The third kappa shape index (κ3) is 5.00. The molecule has 0 spiro atoms. The summed E-state index contributed by atoms with van der Waals surface area (Å²) in [7, 11) is -3.66. The van der Waals surface area contributed by atoms with Crippen LogP contribution in [-0.2, 0) is 19.4 Å². The van der Waals surface area contributed by atoms with Crippen LogP contribution in [-0.4, -0.2) is 32.5 Å². The molecule has 0 unspecified atom stereocenters. The smallest absolute Gasteiger partial charge is 0.235 e. The van der Waals surface area contributed by atoms with Gasteiger partial charge in [-0.2, -0.15) is 0 Å². The molecule has 1 aromatic carbocycles. The highest BCUT2D eigenvalue weighted by Crippen LogP contribution is 2.15. The van der Waals surface area contributed by atoms with Crippen molar-refractivity contribution in [3.63, 3.8) is 0 Å². The summed E-state index contributed by atoms with van der Waals surface area (Å²) in [4.78, 5) is 22.4. The lowest BCUT2D eigenvalue weighted by Crippen LogP contribution is -2.30. The van der Waals surface area contributed by atoms with E-state index in [1.54, 1.807) is 0 Å². The predicted octanol–water partition coefficient (Wildman–Crippen LogP) is 0.945. The van der Waals surface area contributed by atoms with Crippen molar-refractivity contribution in [2.75, 3.05) is 17.6 Å². The van der Waals surface area contributed by atoms with Crippen molar-refractivity contribution in [3.05, 3.63) is 24.3 Å². The van der Waals surface area contributed by atoms with Crippen molar-refractivity contribution < 1.29 is 18.0 Å². The van der Waals surface area contributed by atoms with Crippen LogP contribution in [0.3, 0.4) is 0 Å². The third-order valence-electron chi connectivity index (χ3n) is 2.43. The fourth-order valence-electron chi connectivity index (χ4n) is 1.52. The van der Waals surface area contributed by atoms with Crippen LogP contribution in [0.25, 0.3) is 0 Å². The largest absolute Gasteiger partial charge is 0.355 e. The van der Waals surface area contributed by atoms with E-state index in [2.05, 4.69) is 10.6 Å². The van der Waals surface area contributed by atoms with E-state index < -0.39 is 21.5 Å². The molecule has 110 valence electrons. The Hall–Kier alpha value is -1.89. The van der Waals surface area contributed by atoms with Gasteiger partial charge in [0.2, 0.25) is 11.8 Å². The van der Waals surface area contributed by atoms with Gasteiger partial charge in [0.25, 0.3) is 0 Å². The maximum atomic E-state index is 12.0. The Labute approximate surface area is 118 Å². The highest BCUT2D eigenvalue weighted by molar-refractivity contribution is 7.92. The number of carbonyl (C=O) groups excluding carboxylic acids is 2. The first-order valence-corrected chi connectivity index (χ1v) is 7.87. The van der Waals surface area contributed by atoms with Gasteiger partial charge in [0.1, 0.15) is 5.75 Å². The van der Waals surface area contributed by atoms with E-state index in [1.165, 1.54) is 31.2 Å². The molecule has 0 saturated heterocycles. The van der Waals surface area contributed by atoms with E-state index in [0.29, 0.717) is 12.2 Å². The maximum Gasteiger partial charge on any atom is 0.235 e. The van der Waals surface area contributed by atoms with Gasteiger partial charge < -0.3 is 10.6 Å². The van der Waals surface area contributed by atoms with Crippen LogP contribution in [0.2, 0.25) is 0 Å². The van der Waals surface area contributed by atoms with Crippen LogP contribution in [0, 0.1) is 0 Å². The highest BCUT2D eigenvalue weighted by atomic mass is 32.2. The number of hydrogen-bond donors (Lipinski definition) is 2. The Kier molecular flexibility index (Phi) is 5.69. The van der Waals surface area contributed by atoms with E-state index in [1.807, 2.05) is 6.92 Å². The van der Waals surface area contributed by atoms with Crippen molar-refractivity contribution in [1.29, 1.82) is 0 Å². The van der Waals surface area contributed by atoms with Crippen molar-refractivity contribution >= 4 is 27.3 Å². The van der Waals surface area contributed by atoms with E-state index in [4.69, 9.17) is 0 Å². The highest BCUT2D eigenvalue weighted by Gasteiger charge is 2.18. The van der Waals surface area contributed by atoms with Crippen molar-refractivity contribution in [3.8, 4) is 0 Å². The first kappa shape index (κ1) is 16.2. The molecule has 0 aromatic heterocycles. The Bertz CT molecular complexity index is 579. The SMILES string of the molecule is CCCNC(=O)CS(=O)(=O)c1ccc(NC(C)=O)cc1. The normalized spacial score (nSPS) is 10.9. The average molecular weight is 298 g/mol. The maximum absolute atomic E-state index is 12.0. The quantitative estimate of drug-likeness (QED) is 0.817. The summed E-state index contributed by atoms with van der Waals surface area (Å²) in [5.74, 6) is -1.33. The first-order chi connectivity index (χ1) is 9.35. The molecule has 0 aliphatic rings. The van der Waals surface area contributed by atoms with Gasteiger partial charge >= 0.3 is 0 Å². The van der Waals surface area contributed by atoms with Gasteiger partial charge in [-0.15, -0.1) is 0 Å². The number of anilines is 1. The van der Waals surface area contributed by atoms with Gasteiger partial charge in [-0.1, -0.05) is 6.92 Å². The van der Waals surface area contributed by atoms with Crippen LogP contribution >= 0.6 is 0 Å². The summed E-state index contributed by atoms with van der Waals surface area (Å²) < 4.78 is 24.0. The van der Waals surface area contributed by atoms with Crippen LogP contribution in [0.1, 0.15) is 20.3 Å². The van der Waals surface area contributed by atoms with Crippen LogP contribution in [0.5, 0.6) is 0 Å². The minimum absolute atomic E-state index is 0.0539. The molecular formula is C13H18N2O4S. The standard InChI is InChI=1S/C13H18N2O4S/c1-3-8-14-13(17)9-20(18,19)12-6-4-11(5-7-12)15-10(2)16/h4-7H,3,8-9H2,1-2H3,(H,14,17)(H,15,16). The van der Waals surface area contributed by atoms with Gasteiger partial charge in [0.05, 0.1) is 4.90 Å². The lowest BCUT2D eigenvalue weighted by Gasteiger charge is -2.07. The molecule has 0 bridgehead atoms.